The molecule has 0 N–H and O–H groups in total. The van der Waals surface area contributed by atoms with Gasteiger partial charge in [-0.25, -0.2) is 0 Å². The number of benzene rings is 14. The Labute approximate surface area is 697 Å². The summed E-state index contributed by atoms with van der Waals surface area (Å²) in [7, 11) is 0. The van der Waals surface area contributed by atoms with Crippen LogP contribution in [0.1, 0.15) is 193 Å². The maximum atomic E-state index is 2.57. The minimum atomic E-state index is 0.429. The van der Waals surface area contributed by atoms with Crippen molar-refractivity contribution in [2.24, 2.45) is 0 Å². The van der Waals surface area contributed by atoms with Gasteiger partial charge in [0.25, 0.3) is 0 Å². The van der Waals surface area contributed by atoms with E-state index < -0.39 is 0 Å². The van der Waals surface area contributed by atoms with E-state index in [0.717, 1.165) is 45.3 Å². The van der Waals surface area contributed by atoms with Crippen LogP contribution in [0.3, 0.4) is 0 Å². The molecule has 9 aliphatic rings. The fourth-order valence-electron chi connectivity index (χ4n) is 22.4. The highest BCUT2D eigenvalue weighted by atomic mass is 15.2. The highest BCUT2D eigenvalue weighted by molar-refractivity contribution is 6.01. The maximum absolute atomic E-state index is 2.57. The van der Waals surface area contributed by atoms with Crippen molar-refractivity contribution in [1.82, 2.24) is 0 Å². The normalized spacial score (nSPS) is 19.2. The molecule has 3 nitrogen and oxygen atoms in total. The Bertz CT molecular complexity index is 6550. The van der Waals surface area contributed by atoms with Crippen molar-refractivity contribution in [3.63, 3.8) is 0 Å². The van der Waals surface area contributed by atoms with Crippen LogP contribution in [0.25, 0.3) is 91.4 Å². The first kappa shape index (κ1) is 73.1. The lowest BCUT2D eigenvalue weighted by molar-refractivity contribution is 0.642. The number of rotatable bonds is 12. The molecule has 0 fully saturated rings. The predicted octanol–water partition coefficient (Wildman–Crippen LogP) is 30.5. The molecule has 118 heavy (non-hydrogen) atoms. The van der Waals surface area contributed by atoms with Crippen molar-refractivity contribution >= 4 is 92.1 Å². The Balaban J connectivity index is 0.000000110. The van der Waals surface area contributed by atoms with Gasteiger partial charge in [0.05, 0.1) is 0 Å². The molecule has 0 saturated heterocycles. The Morgan fingerprint density at radius 2 is 0.492 bits per heavy atom. The topological polar surface area (TPSA) is 9.72 Å². The van der Waals surface area contributed by atoms with Crippen molar-refractivity contribution in [3.05, 3.63) is 414 Å². The molecular weight excluding hydrogens is 1420 g/mol. The fraction of sp³-hybridized carbons (Fsp3) is 0.200. The van der Waals surface area contributed by atoms with Crippen LogP contribution in [0.5, 0.6) is 0 Å². The van der Waals surface area contributed by atoms with Gasteiger partial charge >= 0.3 is 0 Å². The van der Waals surface area contributed by atoms with E-state index in [4.69, 9.17) is 0 Å². The van der Waals surface area contributed by atoms with Gasteiger partial charge in [-0.05, 0) is 251 Å². The van der Waals surface area contributed by atoms with Gasteiger partial charge in [0.1, 0.15) is 0 Å². The number of para-hydroxylation sites is 3. The van der Waals surface area contributed by atoms with Crippen LogP contribution >= 0.6 is 0 Å². The Morgan fingerprint density at radius 1 is 0.220 bits per heavy atom. The van der Waals surface area contributed by atoms with Crippen molar-refractivity contribution in [2.75, 3.05) is 34.3 Å². The van der Waals surface area contributed by atoms with E-state index in [1.165, 1.54) is 232 Å². The van der Waals surface area contributed by atoms with Gasteiger partial charge in [0.2, 0.25) is 0 Å². The Hall–Kier alpha value is -12.6. The quantitative estimate of drug-likeness (QED) is 0.121. The van der Waals surface area contributed by atoms with Crippen LogP contribution in [-0.2, 0) is 19.3 Å². The summed E-state index contributed by atoms with van der Waals surface area (Å²) >= 11 is 0. The van der Waals surface area contributed by atoms with Gasteiger partial charge in [0, 0.05) is 106 Å². The second-order valence-electron chi connectivity index (χ2n) is 34.8. The summed E-state index contributed by atoms with van der Waals surface area (Å²) < 4.78 is 0. The lowest BCUT2D eigenvalue weighted by Crippen LogP contribution is -2.25. The molecule has 6 atom stereocenters. The van der Waals surface area contributed by atoms with Gasteiger partial charge in [0.15, 0.2) is 0 Å². The van der Waals surface area contributed by atoms with E-state index in [2.05, 4.69) is 390 Å². The van der Waals surface area contributed by atoms with E-state index in [9.17, 15) is 0 Å². The molecule has 3 heteroatoms. The van der Waals surface area contributed by atoms with Gasteiger partial charge < -0.3 is 14.7 Å². The smallest absolute Gasteiger partial charge is 0.0487 e. The summed E-state index contributed by atoms with van der Waals surface area (Å²) in [6.07, 6.45) is 24.0. The van der Waals surface area contributed by atoms with Gasteiger partial charge in [-0.15, -0.1) is 0 Å². The molecule has 0 aromatic heterocycles. The molecule has 0 spiro atoms. The number of fused-ring (bicyclic) bond motifs is 11. The molecule has 23 rings (SSSR count). The number of nitrogens with zero attached hydrogens (tertiary/aromatic N) is 3. The standard InChI is InChI=1S/C40H35N.C39H33N.C36H33N/c1-26-23-37-32(31-16-7-13-28-11-3-5-15-30(28)31)17-8-18-33(37)35(26)25-36-27(2)24-38-34(36)19-9-21-40(38)41-22-10-14-29-12-4-6-20-39(29)41;1-25-22-36-31(30-14-7-12-27-10-3-5-13-29(27)30)15-8-16-32(36)34(25)24-35-26(2)23-37-33(35)17-9-19-39(37)40-21-20-28-11-4-6-18-38(28)40;1-24-21-33-28(26-11-4-3-5-12-26)15-8-16-29(33)31(24)23-32-25(2)22-34-30(32)17-9-19-36(34)37-20-10-14-27-13-6-7-18-35(27)37/h3-9,11-13,15-21,23-24,35-36H,10,14,22,25H2,1-2H3;3-19,22-23,34-35H,20-21,24H2,1-2H3;3-9,11-13,15-19,21-22,31-32H,10,14,20,23H2,1-2H3. The second-order valence-corrected chi connectivity index (χ2v) is 34.8. The summed E-state index contributed by atoms with van der Waals surface area (Å²) in [5.41, 5.74) is 47.0. The van der Waals surface area contributed by atoms with Crippen LogP contribution < -0.4 is 14.7 Å². The summed E-state index contributed by atoms with van der Waals surface area (Å²) in [6, 6.07) is 110. The van der Waals surface area contributed by atoms with Crippen molar-refractivity contribution in [3.8, 4) is 33.4 Å². The number of aryl methyl sites for hydroxylation is 2. The van der Waals surface area contributed by atoms with Crippen molar-refractivity contribution in [1.29, 1.82) is 0 Å². The molecule has 0 amide bonds. The first-order chi connectivity index (χ1) is 58.0. The summed E-state index contributed by atoms with van der Waals surface area (Å²) in [4.78, 5) is 7.66. The van der Waals surface area contributed by atoms with Crippen molar-refractivity contribution < 1.29 is 0 Å². The molecule has 14 aromatic rings. The molecule has 576 valence electrons. The molecule has 6 unspecified atom stereocenters. The molecule has 3 aliphatic heterocycles. The summed E-state index contributed by atoms with van der Waals surface area (Å²) in [6.45, 7) is 17.3. The van der Waals surface area contributed by atoms with E-state index in [1.807, 2.05) is 0 Å². The van der Waals surface area contributed by atoms with Crippen molar-refractivity contribution in [2.45, 2.75) is 128 Å². The monoisotopic (exact) mass is 1520 g/mol. The number of hydrogen-bond acceptors (Lipinski definition) is 3. The summed E-state index contributed by atoms with van der Waals surface area (Å²) in [5, 5.41) is 5.25. The zero-order chi connectivity index (χ0) is 79.2. The third-order valence-electron chi connectivity index (χ3n) is 28.2. The fourth-order valence-corrected chi connectivity index (χ4v) is 22.4. The Kier molecular flexibility index (Phi) is 18.9. The lowest BCUT2D eigenvalue weighted by atomic mass is 9.81. The first-order valence-electron chi connectivity index (χ1n) is 43.5. The van der Waals surface area contributed by atoms with E-state index in [1.54, 1.807) is 0 Å². The van der Waals surface area contributed by atoms with E-state index in [0.29, 0.717) is 35.5 Å². The molecule has 0 bridgehead atoms. The largest absolute Gasteiger partial charge is 0.341 e. The SMILES string of the molecule is CC1=Cc2c(-c3cccc4ccccc34)cccc2C1CC1C(C)=Cc2c1cccc2N1CCCc2ccccc21.CC1=Cc2c(-c3cccc4ccccc34)cccc2C1CC1C(C)=Cc2c1cccc2N1CCc2ccccc21.CC1=Cc2c(-c3ccccc3)cccc2C1CC1C(C)=Cc2c1cccc2N1CCCc2ccccc21. The van der Waals surface area contributed by atoms with Crippen LogP contribution in [-0.4, -0.2) is 19.6 Å². The molecule has 0 saturated carbocycles. The minimum absolute atomic E-state index is 0.429. The van der Waals surface area contributed by atoms with Gasteiger partial charge in [-0.2, -0.15) is 0 Å². The first-order valence-corrected chi connectivity index (χ1v) is 43.5. The third-order valence-corrected chi connectivity index (χ3v) is 28.2. The minimum Gasteiger partial charge on any atom is -0.341 e. The van der Waals surface area contributed by atoms with Gasteiger partial charge in [-0.1, -0.05) is 331 Å². The molecule has 3 heterocycles. The third kappa shape index (κ3) is 12.8. The maximum Gasteiger partial charge on any atom is 0.0487 e. The van der Waals surface area contributed by atoms with E-state index in [-0.39, 0.29) is 0 Å². The van der Waals surface area contributed by atoms with Crippen LogP contribution in [0.15, 0.2) is 331 Å². The number of anilines is 6. The molecule has 0 radical (unpaired) electrons. The molecule has 14 aromatic carbocycles. The van der Waals surface area contributed by atoms with Crippen LogP contribution in [0, 0.1) is 0 Å². The zero-order valence-corrected chi connectivity index (χ0v) is 68.8. The summed E-state index contributed by atoms with van der Waals surface area (Å²) in [5.74, 6) is 2.64. The average Bonchev–Trinajstić information content (AvgIpc) is 1.61. The number of allylic oxidation sites excluding steroid dienone is 6. The average molecular weight is 1530 g/mol. The van der Waals surface area contributed by atoms with Crippen LogP contribution in [0.4, 0.5) is 34.1 Å². The zero-order valence-electron chi connectivity index (χ0n) is 68.8. The highest BCUT2D eigenvalue weighted by Gasteiger charge is 2.38. The predicted molar refractivity (Wildman–Crippen MR) is 503 cm³/mol. The lowest BCUT2D eigenvalue weighted by Gasteiger charge is -2.33. The molecule has 6 aliphatic carbocycles. The second kappa shape index (κ2) is 30.5. The highest BCUT2D eigenvalue weighted by Crippen LogP contribution is 2.57. The van der Waals surface area contributed by atoms with Crippen LogP contribution in [0.2, 0.25) is 0 Å². The van der Waals surface area contributed by atoms with E-state index >= 15 is 0 Å². The molecular formula is C115H101N3. The number of hydrogen-bond donors (Lipinski definition) is 0. The van der Waals surface area contributed by atoms with Gasteiger partial charge in [-0.3, -0.25) is 0 Å². The Morgan fingerprint density at radius 3 is 0.890 bits per heavy atom.